The number of H-pyrrole nitrogens is 1. The second kappa shape index (κ2) is 5.95. The summed E-state index contributed by atoms with van der Waals surface area (Å²) in [6.07, 6.45) is 0. The summed E-state index contributed by atoms with van der Waals surface area (Å²) in [5.74, 6) is 0. The van der Waals surface area contributed by atoms with Crippen LogP contribution in [-0.2, 0) is 0 Å². The minimum Gasteiger partial charge on any atom is -0.326 e. The van der Waals surface area contributed by atoms with Crippen molar-refractivity contribution in [1.29, 1.82) is 0 Å². The lowest BCUT2D eigenvalue weighted by atomic mass is 10.2. The van der Waals surface area contributed by atoms with E-state index in [2.05, 4.69) is 42.2 Å². The van der Waals surface area contributed by atoms with Gasteiger partial charge in [-0.3, -0.25) is 4.79 Å². The fourth-order valence-corrected chi connectivity index (χ4v) is 0.866. The molecule has 0 saturated heterocycles. The summed E-state index contributed by atoms with van der Waals surface area (Å²) in [6, 6.07) is 1.90. The van der Waals surface area contributed by atoms with Crippen LogP contribution in [0.2, 0.25) is 0 Å². The minimum absolute atomic E-state index is 0.0168. The van der Waals surface area contributed by atoms with Crippen molar-refractivity contribution in [3.05, 3.63) is 33.2 Å². The summed E-state index contributed by atoms with van der Waals surface area (Å²) in [5.41, 5.74) is 2.89. The van der Waals surface area contributed by atoms with E-state index in [-0.39, 0.29) is 5.56 Å². The van der Waals surface area contributed by atoms with Crippen molar-refractivity contribution in [2.75, 3.05) is 0 Å². The average molecular weight is 391 g/mol. The molecular formula is C8H11I2NO. The lowest BCUT2D eigenvalue weighted by molar-refractivity contribution is 1.07. The Balaban J connectivity index is 0.000000561. The summed E-state index contributed by atoms with van der Waals surface area (Å²) in [7, 11) is 0. The van der Waals surface area contributed by atoms with Gasteiger partial charge in [0.15, 0.2) is 0 Å². The second-order valence-corrected chi connectivity index (χ2v) is 2.59. The molecule has 1 heterocycles. The molecule has 0 fully saturated rings. The molecule has 0 amide bonds. The molecule has 1 rings (SSSR count). The largest absolute Gasteiger partial charge is 0.326 e. The van der Waals surface area contributed by atoms with Crippen LogP contribution in [0.3, 0.4) is 0 Å². The van der Waals surface area contributed by atoms with E-state index in [0.717, 1.165) is 16.8 Å². The van der Waals surface area contributed by atoms with E-state index in [4.69, 9.17) is 0 Å². The number of hydrogen-bond acceptors (Lipinski definition) is 1. The number of aryl methyl sites for hydroxylation is 3. The summed E-state index contributed by atoms with van der Waals surface area (Å²) >= 11 is 4.24. The van der Waals surface area contributed by atoms with E-state index in [1.807, 2.05) is 26.8 Å². The normalized spacial score (nSPS) is 8.75. The Morgan fingerprint density at radius 1 is 1.17 bits per heavy atom. The highest BCUT2D eigenvalue weighted by Gasteiger charge is 1.95. The number of halogens is 2. The molecule has 4 heteroatoms. The Hall–Kier alpha value is 0.410. The Labute approximate surface area is 95.5 Å². The zero-order valence-electron chi connectivity index (χ0n) is 7.24. The van der Waals surface area contributed by atoms with Crippen LogP contribution in [0.5, 0.6) is 0 Å². The number of hydrogen-bond donors (Lipinski definition) is 1. The molecule has 2 nitrogen and oxygen atoms in total. The van der Waals surface area contributed by atoms with E-state index >= 15 is 0 Å². The van der Waals surface area contributed by atoms with Crippen molar-refractivity contribution in [3.63, 3.8) is 0 Å². The van der Waals surface area contributed by atoms with E-state index < -0.39 is 0 Å². The van der Waals surface area contributed by atoms with Crippen molar-refractivity contribution in [3.8, 4) is 0 Å². The van der Waals surface area contributed by atoms with Crippen LogP contribution in [-0.4, -0.2) is 4.98 Å². The molecule has 0 radical (unpaired) electrons. The van der Waals surface area contributed by atoms with Crippen LogP contribution >= 0.6 is 37.2 Å². The first-order valence-corrected chi connectivity index (χ1v) is 9.71. The highest BCUT2D eigenvalue weighted by molar-refractivity contribution is 15.0. The molecule has 1 aromatic heterocycles. The first kappa shape index (κ1) is 12.4. The minimum atomic E-state index is 0.0168. The molecule has 0 aliphatic carbocycles. The third-order valence-corrected chi connectivity index (χ3v) is 1.68. The molecule has 0 aliphatic rings. The number of rotatable bonds is 0. The van der Waals surface area contributed by atoms with E-state index in [1.54, 1.807) is 0 Å². The Morgan fingerprint density at radius 2 is 1.67 bits per heavy atom. The third kappa shape index (κ3) is 3.42. The predicted octanol–water partition coefficient (Wildman–Crippen LogP) is 3.07. The zero-order valence-corrected chi connectivity index (χ0v) is 11.6. The average Bonchev–Trinajstić information content (AvgIpc) is 2.05. The summed E-state index contributed by atoms with van der Waals surface area (Å²) in [6.45, 7) is 5.69. The van der Waals surface area contributed by atoms with Gasteiger partial charge in [-0.2, -0.15) is 0 Å². The van der Waals surface area contributed by atoms with Gasteiger partial charge in [0.05, 0.1) is 0 Å². The molecule has 0 aromatic carbocycles. The monoisotopic (exact) mass is 391 g/mol. The van der Waals surface area contributed by atoms with Crippen LogP contribution in [0.1, 0.15) is 16.8 Å². The van der Waals surface area contributed by atoms with Crippen LogP contribution in [0, 0.1) is 20.8 Å². The fourth-order valence-electron chi connectivity index (χ4n) is 0.866. The second-order valence-electron chi connectivity index (χ2n) is 2.59. The molecule has 0 spiro atoms. The molecule has 0 saturated carbocycles. The van der Waals surface area contributed by atoms with E-state index in [1.165, 1.54) is 0 Å². The lowest BCUT2D eigenvalue weighted by Gasteiger charge is -1.98. The summed E-state index contributed by atoms with van der Waals surface area (Å²) in [5, 5.41) is 0. The molecule has 0 atom stereocenters. The van der Waals surface area contributed by atoms with Gasteiger partial charge in [-0.05, 0) is 32.4 Å². The Morgan fingerprint density at radius 3 is 2.08 bits per heavy atom. The first-order valence-electron chi connectivity index (χ1n) is 3.42. The van der Waals surface area contributed by atoms with Crippen molar-refractivity contribution < 1.29 is 0 Å². The Bertz CT molecular complexity index is 306. The quantitative estimate of drug-likeness (QED) is 0.678. The molecule has 0 aliphatic heterocycles. The molecule has 68 valence electrons. The predicted molar refractivity (Wildman–Crippen MR) is 69.3 cm³/mol. The van der Waals surface area contributed by atoms with Crippen molar-refractivity contribution in [2.45, 2.75) is 20.8 Å². The fraction of sp³-hybridized carbons (Fsp3) is 0.375. The zero-order chi connectivity index (χ0) is 9.72. The van der Waals surface area contributed by atoms with Gasteiger partial charge in [0.25, 0.3) is 5.56 Å². The van der Waals surface area contributed by atoms with Gasteiger partial charge in [0, 0.05) is 48.5 Å². The smallest absolute Gasteiger partial charge is 0.251 e. The number of nitrogens with one attached hydrogen (secondary N) is 1. The Kier molecular flexibility index (Phi) is 6.16. The maximum atomic E-state index is 10.9. The third-order valence-electron chi connectivity index (χ3n) is 1.68. The maximum Gasteiger partial charge on any atom is 0.251 e. The van der Waals surface area contributed by atoms with E-state index in [0.29, 0.717) is 0 Å². The van der Waals surface area contributed by atoms with Gasteiger partial charge in [-0.1, -0.05) is 0 Å². The molecule has 1 N–H and O–H groups in total. The van der Waals surface area contributed by atoms with Crippen molar-refractivity contribution in [1.82, 2.24) is 4.98 Å². The van der Waals surface area contributed by atoms with Gasteiger partial charge in [0.2, 0.25) is 0 Å². The van der Waals surface area contributed by atoms with Crippen molar-refractivity contribution >= 4 is 37.2 Å². The van der Waals surface area contributed by atoms with Crippen LogP contribution in [0.25, 0.3) is 0 Å². The SMILES string of the molecule is Cc1cc(C)c(=O)[nH]c1C.II. The summed E-state index contributed by atoms with van der Waals surface area (Å²) in [4.78, 5) is 13.7. The highest BCUT2D eigenvalue weighted by atomic mass is 128. The van der Waals surface area contributed by atoms with Crippen LogP contribution < -0.4 is 5.56 Å². The number of aromatic amines is 1. The molecule has 12 heavy (non-hydrogen) atoms. The molecular weight excluding hydrogens is 380 g/mol. The first-order chi connectivity index (χ1) is 5.61. The maximum absolute atomic E-state index is 10.9. The van der Waals surface area contributed by atoms with Crippen LogP contribution in [0.15, 0.2) is 10.9 Å². The van der Waals surface area contributed by atoms with E-state index in [9.17, 15) is 4.79 Å². The highest BCUT2D eigenvalue weighted by Crippen LogP contribution is 2.00. The van der Waals surface area contributed by atoms with Crippen LogP contribution in [0.4, 0.5) is 0 Å². The van der Waals surface area contributed by atoms with Gasteiger partial charge >= 0.3 is 0 Å². The molecule has 1 aromatic rings. The van der Waals surface area contributed by atoms with Crippen molar-refractivity contribution in [2.24, 2.45) is 0 Å². The lowest BCUT2D eigenvalue weighted by Crippen LogP contribution is -2.10. The van der Waals surface area contributed by atoms with Gasteiger partial charge in [-0.25, -0.2) is 0 Å². The standard InChI is InChI=1S/C8H11NO.I2/c1-5-4-6(2)8(10)9-7(5)3;1-2/h4H,1-3H3,(H,9,10);. The van der Waals surface area contributed by atoms with Gasteiger partial charge < -0.3 is 4.98 Å². The van der Waals surface area contributed by atoms with Gasteiger partial charge in [0.1, 0.15) is 0 Å². The molecule has 0 unspecified atom stereocenters. The van der Waals surface area contributed by atoms with Gasteiger partial charge in [-0.15, -0.1) is 0 Å². The topological polar surface area (TPSA) is 32.9 Å². The summed E-state index contributed by atoms with van der Waals surface area (Å²) < 4.78 is 0. The number of aromatic nitrogens is 1. The molecule has 0 bridgehead atoms. The number of pyridine rings is 1.